The molecule has 4 aromatic rings. The van der Waals surface area contributed by atoms with Crippen molar-refractivity contribution in [2.45, 2.75) is 94.9 Å². The van der Waals surface area contributed by atoms with E-state index in [0.717, 1.165) is 69.3 Å². The van der Waals surface area contributed by atoms with Crippen LogP contribution in [0.3, 0.4) is 0 Å². The molecule has 282 valence electrons. The number of fused-ring (bicyclic) bond motifs is 1. The number of nitrogens with one attached hydrogen (secondary N) is 1. The van der Waals surface area contributed by atoms with Gasteiger partial charge in [0.2, 0.25) is 5.91 Å². The Balaban J connectivity index is 0.00000541. The van der Waals surface area contributed by atoms with Gasteiger partial charge in [0.1, 0.15) is 11.5 Å². The normalized spacial score (nSPS) is 17.0. The summed E-state index contributed by atoms with van der Waals surface area (Å²) in [7, 11) is 3.33. The Kier molecular flexibility index (Phi) is 14.2. The summed E-state index contributed by atoms with van der Waals surface area (Å²) < 4.78 is 10.9. The van der Waals surface area contributed by atoms with Gasteiger partial charge in [-0.2, -0.15) is 0 Å². The van der Waals surface area contributed by atoms with Crippen LogP contribution in [0.1, 0.15) is 103 Å². The number of carbonyl (C=O) groups excluding carboxylic acids is 2. The highest BCUT2D eigenvalue weighted by Gasteiger charge is 2.42. The third kappa shape index (κ3) is 9.52. The van der Waals surface area contributed by atoms with Crippen molar-refractivity contribution in [2.24, 2.45) is 0 Å². The lowest BCUT2D eigenvalue weighted by atomic mass is 9.68. The van der Waals surface area contributed by atoms with Gasteiger partial charge in [0, 0.05) is 23.9 Å². The van der Waals surface area contributed by atoms with Crippen molar-refractivity contribution in [1.29, 1.82) is 0 Å². The SMILES string of the molecule is COc1ccc(CCC(=O)NCCCC(CCCN2CCCCC23CCc2cc(OC)c(C(C)=O)cc2C3)(c2ccccc2)c2ccccc2)cc1.Cl. The molecule has 1 heterocycles. The maximum Gasteiger partial charge on any atom is 0.220 e. The van der Waals surface area contributed by atoms with Gasteiger partial charge in [-0.1, -0.05) is 79.2 Å². The molecule has 53 heavy (non-hydrogen) atoms. The van der Waals surface area contributed by atoms with Crippen LogP contribution in [-0.4, -0.2) is 56.0 Å². The molecular weight excluding hydrogens is 680 g/mol. The molecule has 1 saturated heterocycles. The van der Waals surface area contributed by atoms with Crippen molar-refractivity contribution in [2.75, 3.05) is 33.9 Å². The fourth-order valence-corrected chi connectivity index (χ4v) is 9.01. The van der Waals surface area contributed by atoms with E-state index < -0.39 is 0 Å². The molecule has 1 fully saturated rings. The standard InChI is InChI=1S/C46H56N2O4.ClH/c1-35(49)42-32-38-34-45(28-24-37(38)33-43(42)52-3)25-10-11-30-48(45)31-13-27-46(39-14-6-4-7-15-39,40-16-8-5-9-17-40)26-12-29-47-44(50)23-20-36-18-21-41(51-2)22-19-36;/h4-9,14-19,21-22,32-33H,10-13,20,23-31,34H2,1-3H3,(H,47,50);1H. The molecule has 1 spiro atoms. The van der Waals surface area contributed by atoms with Gasteiger partial charge in [-0.25, -0.2) is 0 Å². The molecule has 0 saturated carbocycles. The molecule has 1 aliphatic heterocycles. The molecule has 1 amide bonds. The summed E-state index contributed by atoms with van der Waals surface area (Å²) >= 11 is 0. The van der Waals surface area contributed by atoms with Gasteiger partial charge in [-0.3, -0.25) is 14.5 Å². The minimum atomic E-state index is -0.161. The van der Waals surface area contributed by atoms with E-state index in [-0.39, 0.29) is 35.1 Å². The Morgan fingerprint density at radius 2 is 1.49 bits per heavy atom. The van der Waals surface area contributed by atoms with Gasteiger partial charge >= 0.3 is 0 Å². The average Bonchev–Trinajstić information content (AvgIpc) is 3.19. The molecule has 2 aliphatic rings. The Hall–Kier alpha value is -4.13. The molecule has 4 aromatic carbocycles. The highest BCUT2D eigenvalue weighted by molar-refractivity contribution is 5.97. The summed E-state index contributed by atoms with van der Waals surface area (Å²) in [6.45, 7) is 4.47. The number of benzene rings is 4. The minimum Gasteiger partial charge on any atom is -0.497 e. The number of methoxy groups -OCH3 is 2. The number of aryl methyl sites for hydroxylation is 2. The Labute approximate surface area is 323 Å². The zero-order valence-electron chi connectivity index (χ0n) is 31.8. The predicted molar refractivity (Wildman–Crippen MR) is 217 cm³/mol. The first-order valence-corrected chi connectivity index (χ1v) is 19.3. The Bertz CT molecular complexity index is 1740. The van der Waals surface area contributed by atoms with Crippen LogP contribution in [0.5, 0.6) is 11.5 Å². The minimum absolute atomic E-state index is 0. The Morgan fingerprint density at radius 3 is 2.13 bits per heavy atom. The summed E-state index contributed by atoms with van der Waals surface area (Å²) in [6, 6.07) is 34.2. The zero-order chi connectivity index (χ0) is 36.4. The Morgan fingerprint density at radius 1 is 0.811 bits per heavy atom. The number of hydrogen-bond donors (Lipinski definition) is 1. The van der Waals surface area contributed by atoms with Crippen molar-refractivity contribution >= 4 is 24.1 Å². The maximum absolute atomic E-state index is 12.9. The zero-order valence-corrected chi connectivity index (χ0v) is 32.6. The van der Waals surface area contributed by atoms with E-state index in [1.54, 1.807) is 21.1 Å². The molecule has 1 aliphatic carbocycles. The van der Waals surface area contributed by atoms with Crippen molar-refractivity contribution in [3.63, 3.8) is 0 Å². The quantitative estimate of drug-likeness (QED) is 0.0918. The largest absolute Gasteiger partial charge is 0.497 e. The fraction of sp³-hybridized carbons (Fsp3) is 0.435. The molecule has 6 rings (SSSR count). The molecule has 0 radical (unpaired) electrons. The number of ether oxygens (including phenoxy) is 2. The maximum atomic E-state index is 12.9. The van der Waals surface area contributed by atoms with E-state index in [2.05, 4.69) is 83.0 Å². The van der Waals surface area contributed by atoms with Gasteiger partial charge in [-0.15, -0.1) is 12.4 Å². The fourth-order valence-electron chi connectivity index (χ4n) is 9.01. The first-order valence-electron chi connectivity index (χ1n) is 19.3. The highest BCUT2D eigenvalue weighted by atomic mass is 35.5. The van der Waals surface area contributed by atoms with Crippen LogP contribution in [0.2, 0.25) is 0 Å². The number of likely N-dealkylation sites (tertiary alicyclic amines) is 1. The summed E-state index contributed by atoms with van der Waals surface area (Å²) in [5, 5.41) is 3.22. The number of rotatable bonds is 16. The number of ketones is 1. The number of carbonyl (C=O) groups is 2. The van der Waals surface area contributed by atoms with Gasteiger partial charge in [0.25, 0.3) is 0 Å². The van der Waals surface area contributed by atoms with Gasteiger partial charge in [-0.05, 0) is 136 Å². The van der Waals surface area contributed by atoms with Crippen LogP contribution < -0.4 is 14.8 Å². The lowest BCUT2D eigenvalue weighted by Crippen LogP contribution is -2.55. The number of Topliss-reactive ketones (excluding diaryl/α,β-unsaturated/α-hetero) is 1. The van der Waals surface area contributed by atoms with E-state index in [1.807, 2.05) is 24.3 Å². The number of piperidine rings is 1. The first-order chi connectivity index (χ1) is 25.4. The van der Waals surface area contributed by atoms with Crippen LogP contribution in [0.4, 0.5) is 0 Å². The predicted octanol–water partition coefficient (Wildman–Crippen LogP) is 9.34. The average molecular weight is 737 g/mol. The molecule has 1 unspecified atom stereocenters. The third-order valence-electron chi connectivity index (χ3n) is 11.9. The number of halogens is 1. The third-order valence-corrected chi connectivity index (χ3v) is 11.9. The summed E-state index contributed by atoms with van der Waals surface area (Å²) in [5.74, 6) is 1.69. The van der Waals surface area contributed by atoms with E-state index >= 15 is 0 Å². The number of nitrogens with zero attached hydrogens (tertiary/aromatic N) is 1. The van der Waals surface area contributed by atoms with E-state index in [4.69, 9.17) is 9.47 Å². The van der Waals surface area contributed by atoms with Crippen LogP contribution in [0, 0.1) is 0 Å². The second-order valence-corrected chi connectivity index (χ2v) is 14.9. The van der Waals surface area contributed by atoms with E-state index in [9.17, 15) is 9.59 Å². The molecular formula is C46H57ClN2O4. The van der Waals surface area contributed by atoms with Crippen molar-refractivity contribution in [3.05, 3.63) is 130 Å². The monoisotopic (exact) mass is 736 g/mol. The second kappa shape index (κ2) is 18.8. The van der Waals surface area contributed by atoms with Gasteiger partial charge in [0.15, 0.2) is 5.78 Å². The number of amides is 1. The molecule has 0 bridgehead atoms. The van der Waals surface area contributed by atoms with Crippen LogP contribution >= 0.6 is 12.4 Å². The molecule has 7 heteroatoms. The van der Waals surface area contributed by atoms with E-state index in [1.165, 1.54) is 41.5 Å². The van der Waals surface area contributed by atoms with Crippen molar-refractivity contribution < 1.29 is 19.1 Å². The van der Waals surface area contributed by atoms with Gasteiger partial charge < -0.3 is 14.8 Å². The van der Waals surface area contributed by atoms with Gasteiger partial charge in [0.05, 0.1) is 19.8 Å². The summed E-state index contributed by atoms with van der Waals surface area (Å²) in [6.07, 6.45) is 12.0. The van der Waals surface area contributed by atoms with Crippen molar-refractivity contribution in [1.82, 2.24) is 10.2 Å². The lowest BCUT2D eigenvalue weighted by Gasteiger charge is -2.50. The lowest BCUT2D eigenvalue weighted by molar-refractivity contribution is -0.121. The molecule has 1 N–H and O–H groups in total. The summed E-state index contributed by atoms with van der Waals surface area (Å²) in [5.41, 5.74) is 7.14. The van der Waals surface area contributed by atoms with E-state index in [0.29, 0.717) is 30.7 Å². The second-order valence-electron chi connectivity index (χ2n) is 14.9. The molecule has 6 nitrogen and oxygen atoms in total. The van der Waals surface area contributed by atoms with Crippen molar-refractivity contribution in [3.8, 4) is 11.5 Å². The molecule has 0 aromatic heterocycles. The first kappa shape index (κ1) is 40.1. The van der Waals surface area contributed by atoms with Crippen LogP contribution in [-0.2, 0) is 29.5 Å². The number of hydrogen-bond acceptors (Lipinski definition) is 5. The molecule has 1 atom stereocenters. The smallest absolute Gasteiger partial charge is 0.220 e. The topological polar surface area (TPSA) is 67.9 Å². The summed E-state index contributed by atoms with van der Waals surface area (Å²) in [4.78, 5) is 28.2. The van der Waals surface area contributed by atoms with Crippen LogP contribution in [0.25, 0.3) is 0 Å². The van der Waals surface area contributed by atoms with Crippen LogP contribution in [0.15, 0.2) is 97.1 Å². The highest BCUT2D eigenvalue weighted by Crippen LogP contribution is 2.44.